The van der Waals surface area contributed by atoms with Crippen molar-refractivity contribution >= 4 is 45.7 Å². The SMILES string of the molecule is NCCNc1cccc(Nc2nc(-c3cc4c(s3)CCN(C(=O)N3CCOCC3)C4)c3cc[nH]c3n2)c1. The van der Waals surface area contributed by atoms with Gasteiger partial charge >= 0.3 is 6.03 Å². The third kappa shape index (κ3) is 4.97. The van der Waals surface area contributed by atoms with E-state index in [-0.39, 0.29) is 6.03 Å². The highest BCUT2D eigenvalue weighted by atomic mass is 32.1. The highest BCUT2D eigenvalue weighted by Crippen LogP contribution is 2.37. The summed E-state index contributed by atoms with van der Waals surface area (Å²) in [5.74, 6) is 0.524. The van der Waals surface area contributed by atoms with Gasteiger partial charge in [-0.05, 0) is 42.3 Å². The van der Waals surface area contributed by atoms with Gasteiger partial charge in [0.1, 0.15) is 5.65 Å². The molecule has 6 rings (SSSR count). The maximum atomic E-state index is 13.0. The Morgan fingerprint density at radius 2 is 1.97 bits per heavy atom. The zero-order valence-electron chi connectivity index (χ0n) is 20.5. The molecule has 10 nitrogen and oxygen atoms in total. The molecule has 2 aliphatic heterocycles. The number of ether oxygens (including phenoxy) is 1. The number of nitrogens with zero attached hydrogens (tertiary/aromatic N) is 4. The molecular weight excluding hydrogens is 488 g/mol. The molecule has 37 heavy (non-hydrogen) atoms. The lowest BCUT2D eigenvalue weighted by molar-refractivity contribution is 0.0422. The number of nitrogens with two attached hydrogens (primary N) is 1. The average molecular weight is 519 g/mol. The summed E-state index contributed by atoms with van der Waals surface area (Å²) in [6.07, 6.45) is 2.74. The average Bonchev–Trinajstić information content (AvgIpc) is 3.58. The Bertz CT molecular complexity index is 1410. The van der Waals surface area contributed by atoms with Crippen molar-refractivity contribution in [3.05, 3.63) is 53.0 Å². The van der Waals surface area contributed by atoms with Crippen LogP contribution in [-0.4, -0.2) is 76.7 Å². The van der Waals surface area contributed by atoms with E-state index in [2.05, 4.69) is 21.7 Å². The Hall–Kier alpha value is -3.67. The first-order chi connectivity index (χ1) is 18.2. The van der Waals surface area contributed by atoms with Crippen molar-refractivity contribution < 1.29 is 9.53 Å². The molecule has 1 fully saturated rings. The fraction of sp³-hybridized carbons (Fsp3) is 0.346. The molecule has 5 N–H and O–H groups in total. The summed E-state index contributed by atoms with van der Waals surface area (Å²) in [6, 6.07) is 12.3. The molecule has 3 aromatic heterocycles. The number of nitrogens with one attached hydrogen (secondary N) is 3. The third-order valence-electron chi connectivity index (χ3n) is 6.66. The number of thiophene rings is 1. The van der Waals surface area contributed by atoms with Crippen LogP contribution in [-0.2, 0) is 17.7 Å². The van der Waals surface area contributed by atoms with Crippen LogP contribution in [0.5, 0.6) is 0 Å². The number of H-pyrrole nitrogens is 1. The summed E-state index contributed by atoms with van der Waals surface area (Å²) in [5.41, 5.74) is 10.4. The molecule has 1 saturated heterocycles. The number of fused-ring (bicyclic) bond motifs is 2. The zero-order valence-corrected chi connectivity index (χ0v) is 21.3. The van der Waals surface area contributed by atoms with E-state index in [0.717, 1.165) is 45.9 Å². The Labute approximate surface area is 218 Å². The van der Waals surface area contributed by atoms with Crippen molar-refractivity contribution in [2.75, 3.05) is 56.6 Å². The van der Waals surface area contributed by atoms with Crippen LogP contribution in [0, 0.1) is 0 Å². The van der Waals surface area contributed by atoms with Crippen molar-refractivity contribution in [2.45, 2.75) is 13.0 Å². The highest BCUT2D eigenvalue weighted by Gasteiger charge is 2.28. The maximum Gasteiger partial charge on any atom is 0.320 e. The summed E-state index contributed by atoms with van der Waals surface area (Å²) in [4.78, 5) is 32.1. The molecule has 0 spiro atoms. The van der Waals surface area contributed by atoms with Gasteiger partial charge in [0.05, 0.1) is 23.8 Å². The Morgan fingerprint density at radius 3 is 2.84 bits per heavy atom. The van der Waals surface area contributed by atoms with Crippen molar-refractivity contribution in [2.24, 2.45) is 5.73 Å². The fourth-order valence-corrected chi connectivity index (χ4v) is 5.97. The van der Waals surface area contributed by atoms with Gasteiger partial charge in [-0.2, -0.15) is 4.98 Å². The summed E-state index contributed by atoms with van der Waals surface area (Å²) in [6.45, 7) is 5.16. The summed E-state index contributed by atoms with van der Waals surface area (Å²) < 4.78 is 5.40. The number of aromatic nitrogens is 3. The number of carbonyl (C=O) groups is 1. The lowest BCUT2D eigenvalue weighted by atomic mass is 10.1. The molecule has 0 unspecified atom stereocenters. The molecule has 2 amide bonds. The number of carbonyl (C=O) groups excluding carboxylic acids is 1. The van der Waals surface area contributed by atoms with Gasteiger partial charge in [0.25, 0.3) is 0 Å². The molecule has 11 heteroatoms. The molecule has 5 heterocycles. The monoisotopic (exact) mass is 518 g/mol. The number of hydrogen-bond acceptors (Lipinski definition) is 8. The minimum atomic E-state index is 0.103. The van der Waals surface area contributed by atoms with Crippen molar-refractivity contribution in [1.29, 1.82) is 0 Å². The highest BCUT2D eigenvalue weighted by molar-refractivity contribution is 7.15. The first kappa shape index (κ1) is 23.7. The van der Waals surface area contributed by atoms with E-state index < -0.39 is 0 Å². The van der Waals surface area contributed by atoms with Crippen LogP contribution in [0.3, 0.4) is 0 Å². The second-order valence-corrected chi connectivity index (χ2v) is 10.3. The van der Waals surface area contributed by atoms with Gasteiger partial charge in [0, 0.05) is 67.1 Å². The minimum absolute atomic E-state index is 0.103. The van der Waals surface area contributed by atoms with Crippen molar-refractivity contribution in [3.63, 3.8) is 0 Å². The predicted molar refractivity (Wildman–Crippen MR) is 146 cm³/mol. The molecule has 0 aliphatic carbocycles. The smallest absolute Gasteiger partial charge is 0.320 e. The first-order valence-corrected chi connectivity index (χ1v) is 13.4. The van der Waals surface area contributed by atoms with Gasteiger partial charge in [-0.25, -0.2) is 9.78 Å². The fourth-order valence-electron chi connectivity index (χ4n) is 4.81. The van der Waals surface area contributed by atoms with Gasteiger partial charge in [-0.1, -0.05) is 6.07 Å². The summed E-state index contributed by atoms with van der Waals surface area (Å²) >= 11 is 1.76. The second kappa shape index (κ2) is 10.4. The van der Waals surface area contributed by atoms with Gasteiger partial charge < -0.3 is 35.9 Å². The number of morpholine rings is 1. The topological polar surface area (TPSA) is 124 Å². The zero-order chi connectivity index (χ0) is 25.2. The Kier molecular flexibility index (Phi) is 6.64. The van der Waals surface area contributed by atoms with E-state index in [4.69, 9.17) is 20.4 Å². The lowest BCUT2D eigenvalue weighted by Crippen LogP contribution is -2.49. The van der Waals surface area contributed by atoms with Crippen molar-refractivity contribution in [1.82, 2.24) is 24.8 Å². The number of aromatic amines is 1. The summed E-state index contributed by atoms with van der Waals surface area (Å²) in [7, 11) is 0. The van der Waals surface area contributed by atoms with E-state index in [1.165, 1.54) is 10.4 Å². The lowest BCUT2D eigenvalue weighted by Gasteiger charge is -2.34. The number of benzene rings is 1. The Balaban J connectivity index is 1.26. The molecule has 0 atom stereocenters. The molecule has 0 bridgehead atoms. The molecule has 1 aromatic carbocycles. The Morgan fingerprint density at radius 1 is 1.11 bits per heavy atom. The molecule has 0 saturated carbocycles. The van der Waals surface area contributed by atoms with Crippen LogP contribution >= 0.6 is 11.3 Å². The van der Waals surface area contributed by atoms with E-state index in [0.29, 0.717) is 51.9 Å². The van der Waals surface area contributed by atoms with Crippen LogP contribution in [0.4, 0.5) is 22.1 Å². The number of rotatable bonds is 6. The molecule has 192 valence electrons. The third-order valence-corrected chi connectivity index (χ3v) is 7.90. The standard InChI is InChI=1S/C26H30N8O2S/c27-6-8-28-18-2-1-3-19(15-18)30-25-31-23(20-4-7-29-24(20)32-25)22-14-17-16-34(9-5-21(17)37-22)26(35)33-10-12-36-13-11-33/h1-4,7,14-15,28H,5-6,8-13,16,27H2,(H2,29,30,31,32). The van der Waals surface area contributed by atoms with Crippen molar-refractivity contribution in [3.8, 4) is 10.6 Å². The summed E-state index contributed by atoms with van der Waals surface area (Å²) in [5, 5.41) is 7.63. The van der Waals surface area contributed by atoms with E-state index >= 15 is 0 Å². The molecule has 4 aromatic rings. The van der Waals surface area contributed by atoms with Crippen LogP contribution in [0.25, 0.3) is 21.6 Å². The van der Waals surface area contributed by atoms with Crippen LogP contribution < -0.4 is 16.4 Å². The number of hydrogen-bond donors (Lipinski definition) is 4. The minimum Gasteiger partial charge on any atom is -0.384 e. The molecule has 2 aliphatic rings. The predicted octanol–water partition coefficient (Wildman–Crippen LogP) is 3.61. The number of urea groups is 1. The van der Waals surface area contributed by atoms with Gasteiger partial charge in [-0.15, -0.1) is 11.3 Å². The number of anilines is 3. The number of amides is 2. The second-order valence-electron chi connectivity index (χ2n) is 9.17. The van der Waals surface area contributed by atoms with Crippen LogP contribution in [0.2, 0.25) is 0 Å². The largest absolute Gasteiger partial charge is 0.384 e. The van der Waals surface area contributed by atoms with Gasteiger partial charge in [0.15, 0.2) is 0 Å². The quantitative estimate of drug-likeness (QED) is 0.307. The van der Waals surface area contributed by atoms with Gasteiger partial charge in [-0.3, -0.25) is 0 Å². The van der Waals surface area contributed by atoms with Crippen LogP contribution in [0.1, 0.15) is 10.4 Å². The molecule has 0 radical (unpaired) electrons. The van der Waals surface area contributed by atoms with Gasteiger partial charge in [0.2, 0.25) is 5.95 Å². The van der Waals surface area contributed by atoms with Crippen LogP contribution in [0.15, 0.2) is 42.6 Å². The first-order valence-electron chi connectivity index (χ1n) is 12.6. The van der Waals surface area contributed by atoms with E-state index in [1.54, 1.807) is 11.3 Å². The van der Waals surface area contributed by atoms with E-state index in [9.17, 15) is 4.79 Å². The molecular formula is C26H30N8O2S. The maximum absolute atomic E-state index is 13.0. The van der Waals surface area contributed by atoms with E-state index in [1.807, 2.05) is 46.3 Å². The normalized spacial score (nSPS) is 15.6.